The molecule has 2 aliphatic rings. The number of carbonyl (C=O) groups is 1. The van der Waals surface area contributed by atoms with Gasteiger partial charge in [0, 0.05) is 23.6 Å². The zero-order valence-corrected chi connectivity index (χ0v) is 16.5. The third kappa shape index (κ3) is 3.88. The zero-order valence-electron chi connectivity index (χ0n) is 14.1. The second kappa shape index (κ2) is 7.56. The topological polar surface area (TPSA) is 63.1 Å². The molecular formula is C17H19BrFN5OS. The van der Waals surface area contributed by atoms with Crippen LogP contribution in [-0.4, -0.2) is 39.5 Å². The molecule has 2 aromatic rings. The molecule has 9 heteroatoms. The molecule has 6 nitrogen and oxygen atoms in total. The highest BCUT2D eigenvalue weighted by molar-refractivity contribution is 9.10. The van der Waals surface area contributed by atoms with Gasteiger partial charge in [-0.25, -0.2) is 4.39 Å². The van der Waals surface area contributed by atoms with Gasteiger partial charge < -0.3 is 10.2 Å². The Morgan fingerprint density at radius 3 is 2.77 bits per heavy atom. The molecule has 2 fully saturated rings. The lowest BCUT2D eigenvalue weighted by atomic mass is 10.3. The van der Waals surface area contributed by atoms with E-state index in [1.165, 1.54) is 30.7 Å². The summed E-state index contributed by atoms with van der Waals surface area (Å²) in [4.78, 5) is 14.5. The molecule has 26 heavy (non-hydrogen) atoms. The number of halogens is 2. The minimum atomic E-state index is -0.463. The van der Waals surface area contributed by atoms with E-state index in [-0.39, 0.29) is 17.3 Å². The molecule has 1 aliphatic carbocycles. The molecule has 0 unspecified atom stereocenters. The van der Waals surface area contributed by atoms with E-state index in [0.29, 0.717) is 10.5 Å². The van der Waals surface area contributed by atoms with Crippen molar-refractivity contribution in [3.05, 3.63) is 28.5 Å². The van der Waals surface area contributed by atoms with Gasteiger partial charge >= 0.3 is 0 Å². The summed E-state index contributed by atoms with van der Waals surface area (Å²) in [5.41, 5.74) is 0.181. The quantitative estimate of drug-likeness (QED) is 0.692. The predicted octanol–water partition coefficient (Wildman–Crippen LogP) is 3.85. The molecule has 0 bridgehead atoms. The fourth-order valence-corrected chi connectivity index (χ4v) is 4.19. The number of aromatic nitrogens is 3. The second-order valence-corrected chi connectivity index (χ2v) is 8.40. The normalized spacial score (nSPS) is 16.9. The number of anilines is 2. The fourth-order valence-electron chi connectivity index (χ4n) is 3.06. The Balaban J connectivity index is 1.42. The number of hydrogen-bond acceptors (Lipinski definition) is 5. The number of rotatable bonds is 6. The number of hydrogen-bond donors (Lipinski definition) is 1. The Kier molecular flexibility index (Phi) is 5.17. The average molecular weight is 440 g/mol. The lowest BCUT2D eigenvalue weighted by Gasteiger charge is -2.17. The van der Waals surface area contributed by atoms with Crippen molar-refractivity contribution in [3.8, 4) is 0 Å². The van der Waals surface area contributed by atoms with Gasteiger partial charge in [0.1, 0.15) is 5.82 Å². The predicted molar refractivity (Wildman–Crippen MR) is 103 cm³/mol. The van der Waals surface area contributed by atoms with E-state index in [0.717, 1.165) is 37.0 Å². The molecule has 1 aromatic heterocycles. The van der Waals surface area contributed by atoms with E-state index in [4.69, 9.17) is 0 Å². The molecule has 1 aliphatic heterocycles. The van der Waals surface area contributed by atoms with Gasteiger partial charge in [0.25, 0.3) is 0 Å². The van der Waals surface area contributed by atoms with Crippen LogP contribution in [-0.2, 0) is 4.79 Å². The first-order valence-electron chi connectivity index (χ1n) is 8.69. The molecular weight excluding hydrogens is 421 g/mol. The third-order valence-corrected chi connectivity index (χ3v) is 5.92. The number of benzene rings is 1. The molecule has 4 rings (SSSR count). The van der Waals surface area contributed by atoms with Gasteiger partial charge in [0.05, 0.1) is 11.4 Å². The summed E-state index contributed by atoms with van der Waals surface area (Å²) in [5.74, 6) is 0.367. The van der Waals surface area contributed by atoms with Crippen LogP contribution in [0.15, 0.2) is 27.8 Å². The van der Waals surface area contributed by atoms with Crippen LogP contribution >= 0.6 is 27.7 Å². The Bertz CT molecular complexity index is 819. The minimum absolute atomic E-state index is 0.167. The number of carbonyl (C=O) groups excluding carboxylic acids is 1. The summed E-state index contributed by atoms with van der Waals surface area (Å²) >= 11 is 4.55. The van der Waals surface area contributed by atoms with Crippen molar-refractivity contribution in [2.75, 3.05) is 29.1 Å². The summed E-state index contributed by atoms with van der Waals surface area (Å²) in [7, 11) is 0. The lowest BCUT2D eigenvalue weighted by molar-refractivity contribution is -0.113. The Morgan fingerprint density at radius 2 is 2.08 bits per heavy atom. The summed E-state index contributed by atoms with van der Waals surface area (Å²) in [5, 5.41) is 12.0. The molecule has 1 amide bonds. The van der Waals surface area contributed by atoms with E-state index in [2.05, 4.69) is 40.9 Å². The second-order valence-electron chi connectivity index (χ2n) is 6.54. The average Bonchev–Trinajstić information content (AvgIpc) is 3.14. The van der Waals surface area contributed by atoms with E-state index in [1.807, 2.05) is 0 Å². The number of thioether (sulfide) groups is 1. The van der Waals surface area contributed by atoms with Crippen molar-refractivity contribution >= 4 is 45.2 Å². The first-order chi connectivity index (χ1) is 12.6. The van der Waals surface area contributed by atoms with Crippen LogP contribution in [0.1, 0.15) is 31.7 Å². The van der Waals surface area contributed by atoms with Crippen LogP contribution in [0.25, 0.3) is 0 Å². The molecule has 0 radical (unpaired) electrons. The maximum Gasteiger partial charge on any atom is 0.234 e. The van der Waals surface area contributed by atoms with E-state index < -0.39 is 5.82 Å². The van der Waals surface area contributed by atoms with Crippen molar-refractivity contribution in [1.82, 2.24) is 14.8 Å². The van der Waals surface area contributed by atoms with Crippen molar-refractivity contribution in [2.24, 2.45) is 0 Å². The van der Waals surface area contributed by atoms with Crippen LogP contribution in [0, 0.1) is 5.82 Å². The summed E-state index contributed by atoms with van der Waals surface area (Å²) in [6.45, 7) is 2.03. The highest BCUT2D eigenvalue weighted by Crippen LogP contribution is 2.41. The monoisotopic (exact) mass is 439 g/mol. The molecule has 0 atom stereocenters. The first-order valence-corrected chi connectivity index (χ1v) is 10.5. The Morgan fingerprint density at radius 1 is 1.31 bits per heavy atom. The van der Waals surface area contributed by atoms with Gasteiger partial charge in [0.2, 0.25) is 11.9 Å². The number of nitrogens with zero attached hydrogens (tertiary/aromatic N) is 4. The van der Waals surface area contributed by atoms with Gasteiger partial charge in [-0.05, 0) is 43.9 Å². The third-order valence-electron chi connectivity index (χ3n) is 4.49. The van der Waals surface area contributed by atoms with Crippen LogP contribution in [0.3, 0.4) is 0 Å². The highest BCUT2D eigenvalue weighted by atomic mass is 79.9. The SMILES string of the molecule is O=C(CSc1nnc(N2CCCC2)n1C1CC1)Nc1ccc(Br)cc1F. The Hall–Kier alpha value is -1.61. The molecule has 2 heterocycles. The smallest absolute Gasteiger partial charge is 0.234 e. The molecule has 1 N–H and O–H groups in total. The van der Waals surface area contributed by atoms with E-state index in [9.17, 15) is 9.18 Å². The molecule has 1 saturated carbocycles. The summed E-state index contributed by atoms with van der Waals surface area (Å²) in [6, 6.07) is 5.00. The first kappa shape index (κ1) is 17.8. The van der Waals surface area contributed by atoms with Gasteiger partial charge in [-0.3, -0.25) is 9.36 Å². The summed E-state index contributed by atoms with van der Waals surface area (Å²) < 4.78 is 16.6. The van der Waals surface area contributed by atoms with Crippen LogP contribution < -0.4 is 10.2 Å². The van der Waals surface area contributed by atoms with Crippen LogP contribution in [0.2, 0.25) is 0 Å². The standard InChI is InChI=1S/C17H19BrFN5OS/c18-11-3-6-14(13(19)9-11)20-15(25)10-26-17-22-21-16(23-7-1-2-8-23)24(17)12-4-5-12/h3,6,9,12H,1-2,4-5,7-8,10H2,(H,20,25). The lowest BCUT2D eigenvalue weighted by Crippen LogP contribution is -2.22. The molecule has 0 spiro atoms. The van der Waals surface area contributed by atoms with Gasteiger partial charge in [0.15, 0.2) is 5.16 Å². The minimum Gasteiger partial charge on any atom is -0.341 e. The largest absolute Gasteiger partial charge is 0.341 e. The zero-order chi connectivity index (χ0) is 18.1. The van der Waals surface area contributed by atoms with Crippen LogP contribution in [0.4, 0.5) is 16.0 Å². The number of amides is 1. The van der Waals surface area contributed by atoms with Gasteiger partial charge in [-0.2, -0.15) is 0 Å². The van der Waals surface area contributed by atoms with E-state index >= 15 is 0 Å². The van der Waals surface area contributed by atoms with E-state index in [1.54, 1.807) is 12.1 Å². The molecule has 1 saturated heterocycles. The highest BCUT2D eigenvalue weighted by Gasteiger charge is 2.32. The summed E-state index contributed by atoms with van der Waals surface area (Å²) in [6.07, 6.45) is 4.62. The van der Waals surface area contributed by atoms with Gasteiger partial charge in [-0.1, -0.05) is 27.7 Å². The molecule has 1 aromatic carbocycles. The maximum absolute atomic E-state index is 13.8. The molecule has 138 valence electrons. The van der Waals surface area contributed by atoms with Crippen molar-refractivity contribution in [1.29, 1.82) is 0 Å². The van der Waals surface area contributed by atoms with Crippen molar-refractivity contribution in [2.45, 2.75) is 36.9 Å². The maximum atomic E-state index is 13.8. The van der Waals surface area contributed by atoms with Crippen molar-refractivity contribution < 1.29 is 9.18 Å². The van der Waals surface area contributed by atoms with Crippen LogP contribution in [0.5, 0.6) is 0 Å². The van der Waals surface area contributed by atoms with Gasteiger partial charge in [-0.15, -0.1) is 10.2 Å². The fraction of sp³-hybridized carbons (Fsp3) is 0.471. The Labute approximate surface area is 163 Å². The van der Waals surface area contributed by atoms with Crippen molar-refractivity contribution in [3.63, 3.8) is 0 Å². The number of nitrogens with one attached hydrogen (secondary N) is 1.